The average Bonchev–Trinajstić information content (AvgIpc) is 3.06. The Labute approximate surface area is 288 Å². The molecule has 3 N–H and O–H groups in total. The molecule has 6 rings (SSSR count). The van der Waals surface area contributed by atoms with Crippen molar-refractivity contribution in [2.75, 3.05) is 51.6 Å². The summed E-state index contributed by atoms with van der Waals surface area (Å²) < 4.78 is 1.06. The van der Waals surface area contributed by atoms with Crippen molar-refractivity contribution < 1.29 is 19.5 Å². The van der Waals surface area contributed by atoms with Crippen molar-refractivity contribution in [2.24, 2.45) is 11.8 Å². The van der Waals surface area contributed by atoms with Gasteiger partial charge in [-0.05, 0) is 132 Å². The van der Waals surface area contributed by atoms with E-state index in [-0.39, 0.29) is 29.8 Å². The molecule has 0 aliphatic carbocycles. The maximum absolute atomic E-state index is 14.0. The fraction of sp³-hybridized carbons (Fsp3) is 0.559. The summed E-state index contributed by atoms with van der Waals surface area (Å²) in [7, 11) is 2.19. The third-order valence-corrected chi connectivity index (χ3v) is 11.7. The van der Waals surface area contributed by atoms with Crippen LogP contribution >= 0.6 is 31.9 Å². The summed E-state index contributed by atoms with van der Waals surface area (Å²) in [5, 5.41) is 16.3. The highest BCUT2D eigenvalue weighted by Crippen LogP contribution is 2.35. The lowest BCUT2D eigenvalue weighted by atomic mass is 9.79. The van der Waals surface area contributed by atoms with Crippen LogP contribution in [-0.2, 0) is 17.8 Å². The number of nitrogens with zero attached hydrogens (tertiary/aromatic N) is 4. The van der Waals surface area contributed by atoms with E-state index in [2.05, 4.69) is 54.4 Å². The number of phenolic OH excluding ortho intramolecular Hbond substituents is 1. The number of carbonyl (C=O) groups is 3. The van der Waals surface area contributed by atoms with E-state index in [9.17, 15) is 19.5 Å². The number of nitrogens with one attached hydrogen (secondary N) is 2. The Morgan fingerprint density at radius 3 is 2.15 bits per heavy atom. The summed E-state index contributed by atoms with van der Waals surface area (Å²) in [5.74, 6) is 1.41. The van der Waals surface area contributed by atoms with Gasteiger partial charge in [-0.3, -0.25) is 4.79 Å². The lowest BCUT2D eigenvalue weighted by Crippen LogP contribution is -2.57. The van der Waals surface area contributed by atoms with Gasteiger partial charge in [0, 0.05) is 50.9 Å². The number of rotatable bonds is 6. The molecule has 3 fully saturated rings. The van der Waals surface area contributed by atoms with Gasteiger partial charge in [0.05, 0.1) is 8.95 Å². The number of halogens is 2. The van der Waals surface area contributed by atoms with E-state index in [1.54, 1.807) is 17.0 Å². The number of urea groups is 2. The molecule has 4 aliphatic rings. The normalized spacial score (nSPS) is 21.1. The third-order valence-electron chi connectivity index (χ3n) is 10.4. The molecule has 2 aromatic carbocycles. The van der Waals surface area contributed by atoms with Crippen molar-refractivity contribution in [1.29, 1.82) is 0 Å². The molecule has 4 aliphatic heterocycles. The van der Waals surface area contributed by atoms with Crippen LogP contribution in [0.3, 0.4) is 0 Å². The predicted molar refractivity (Wildman–Crippen MR) is 185 cm³/mol. The highest BCUT2D eigenvalue weighted by atomic mass is 79.9. The van der Waals surface area contributed by atoms with Crippen molar-refractivity contribution in [3.05, 3.63) is 56.5 Å². The fourth-order valence-corrected chi connectivity index (χ4v) is 8.90. The standard InChI is InChI=1S/C34H44Br2N6O4/c1-39-12-6-23(7-13-39)24-8-14-40(15-9-24)32(44)30(20-22-18-27(35)31(43)28(36)19-22)38-33(45)41-16-10-26(11-17-41)42-21-25-4-2-3-5-29(25)37-34(42)46/h2-5,18-19,23-24,26,30,43H,6-17,20-21H2,1H3,(H,37,46)(H,38,45)/t30-/m0/s1. The van der Waals surface area contributed by atoms with Crippen LogP contribution in [-0.4, -0.2) is 101 Å². The number of anilines is 1. The number of piperidine rings is 3. The summed E-state index contributed by atoms with van der Waals surface area (Å²) in [5.41, 5.74) is 2.77. The molecule has 46 heavy (non-hydrogen) atoms. The molecule has 0 bridgehead atoms. The van der Waals surface area contributed by atoms with Gasteiger partial charge in [-0.1, -0.05) is 18.2 Å². The zero-order valence-electron chi connectivity index (χ0n) is 26.4. The average molecular weight is 761 g/mol. The first kappa shape index (κ1) is 33.1. The van der Waals surface area contributed by atoms with Gasteiger partial charge in [-0.25, -0.2) is 9.59 Å². The first-order chi connectivity index (χ1) is 22.2. The van der Waals surface area contributed by atoms with Gasteiger partial charge >= 0.3 is 12.1 Å². The first-order valence-corrected chi connectivity index (χ1v) is 18.1. The van der Waals surface area contributed by atoms with Gasteiger partial charge in [0.15, 0.2) is 0 Å². The SMILES string of the molecule is CN1CCC(C2CCN(C(=O)[C@H](Cc3cc(Br)c(O)c(Br)c3)NC(=O)N3CCC(N4Cc5ccccc5NC4=O)CC3)CC2)CC1. The highest BCUT2D eigenvalue weighted by Gasteiger charge is 2.36. The van der Waals surface area contributed by atoms with Gasteiger partial charge in [-0.2, -0.15) is 0 Å². The summed E-state index contributed by atoms with van der Waals surface area (Å²) in [6.45, 7) is 5.26. The van der Waals surface area contributed by atoms with Crippen LogP contribution in [0.4, 0.5) is 15.3 Å². The summed E-state index contributed by atoms with van der Waals surface area (Å²) in [6.07, 6.45) is 6.10. The molecule has 10 nitrogen and oxygen atoms in total. The van der Waals surface area contributed by atoms with Gasteiger partial charge in [-0.15, -0.1) is 0 Å². The Morgan fingerprint density at radius 2 is 1.50 bits per heavy atom. The molecule has 3 saturated heterocycles. The largest absolute Gasteiger partial charge is 0.506 e. The minimum absolute atomic E-state index is 0.0346. The number of benzene rings is 2. The van der Waals surface area contributed by atoms with Crippen LogP contribution in [0.5, 0.6) is 5.75 Å². The van der Waals surface area contributed by atoms with E-state index < -0.39 is 6.04 Å². The zero-order chi connectivity index (χ0) is 32.4. The Hall–Kier alpha value is -2.83. The van der Waals surface area contributed by atoms with Gasteiger partial charge in [0.2, 0.25) is 5.91 Å². The Bertz CT molecular complexity index is 1410. The quantitative estimate of drug-likeness (QED) is 0.354. The van der Waals surface area contributed by atoms with Crippen molar-refractivity contribution in [3.63, 3.8) is 0 Å². The maximum Gasteiger partial charge on any atom is 0.322 e. The predicted octanol–water partition coefficient (Wildman–Crippen LogP) is 5.63. The number of fused-ring (bicyclic) bond motifs is 1. The lowest BCUT2D eigenvalue weighted by Gasteiger charge is -2.41. The molecule has 0 aromatic heterocycles. The number of carbonyl (C=O) groups excluding carboxylic acids is 3. The minimum atomic E-state index is -0.738. The highest BCUT2D eigenvalue weighted by molar-refractivity contribution is 9.11. The van der Waals surface area contributed by atoms with Crippen LogP contribution in [0, 0.1) is 11.8 Å². The summed E-state index contributed by atoms with van der Waals surface area (Å²) in [4.78, 5) is 48.5. The van der Waals surface area contributed by atoms with Crippen LogP contribution < -0.4 is 10.6 Å². The molecule has 0 spiro atoms. The lowest BCUT2D eigenvalue weighted by molar-refractivity contribution is -0.135. The molecule has 1 atom stereocenters. The number of amides is 5. The topological polar surface area (TPSA) is 108 Å². The van der Waals surface area contributed by atoms with Crippen LogP contribution in [0.1, 0.15) is 49.7 Å². The maximum atomic E-state index is 14.0. The molecule has 2 aromatic rings. The molecule has 248 valence electrons. The van der Waals surface area contributed by atoms with E-state index in [1.807, 2.05) is 34.1 Å². The Morgan fingerprint density at radius 1 is 0.913 bits per heavy atom. The molecular weight excluding hydrogens is 716 g/mol. The Kier molecular flexibility index (Phi) is 10.4. The van der Waals surface area contributed by atoms with E-state index in [1.165, 1.54) is 12.8 Å². The summed E-state index contributed by atoms with van der Waals surface area (Å²) >= 11 is 6.81. The van der Waals surface area contributed by atoms with E-state index in [0.717, 1.165) is 48.7 Å². The monoisotopic (exact) mass is 758 g/mol. The number of para-hydroxylation sites is 1. The first-order valence-electron chi connectivity index (χ1n) is 16.5. The molecule has 0 saturated carbocycles. The second kappa shape index (κ2) is 14.5. The molecule has 5 amide bonds. The third kappa shape index (κ3) is 7.49. The Balaban J connectivity index is 1.09. The number of phenols is 1. The van der Waals surface area contributed by atoms with Crippen molar-refractivity contribution in [2.45, 2.75) is 63.6 Å². The van der Waals surface area contributed by atoms with Crippen LogP contribution in [0.2, 0.25) is 0 Å². The fourth-order valence-electron chi connectivity index (χ4n) is 7.62. The zero-order valence-corrected chi connectivity index (χ0v) is 29.6. The number of aromatic hydroxyl groups is 1. The smallest absolute Gasteiger partial charge is 0.322 e. The van der Waals surface area contributed by atoms with Crippen molar-refractivity contribution in [1.82, 2.24) is 24.9 Å². The van der Waals surface area contributed by atoms with Gasteiger partial charge in [0.25, 0.3) is 0 Å². The van der Waals surface area contributed by atoms with Crippen LogP contribution in [0.25, 0.3) is 0 Å². The molecule has 0 unspecified atom stereocenters. The van der Waals surface area contributed by atoms with Crippen molar-refractivity contribution >= 4 is 55.5 Å². The van der Waals surface area contributed by atoms with E-state index >= 15 is 0 Å². The minimum Gasteiger partial charge on any atom is -0.506 e. The second-order valence-corrected chi connectivity index (χ2v) is 15.1. The summed E-state index contributed by atoms with van der Waals surface area (Å²) in [6, 6.07) is 10.4. The van der Waals surface area contributed by atoms with E-state index in [4.69, 9.17) is 0 Å². The number of hydrogen-bond acceptors (Lipinski definition) is 5. The van der Waals surface area contributed by atoms with E-state index in [0.29, 0.717) is 66.8 Å². The molecule has 4 heterocycles. The number of likely N-dealkylation sites (tertiary alicyclic amines) is 3. The van der Waals surface area contributed by atoms with Crippen molar-refractivity contribution in [3.8, 4) is 5.75 Å². The second-order valence-electron chi connectivity index (χ2n) is 13.4. The molecule has 12 heteroatoms. The van der Waals surface area contributed by atoms with Gasteiger partial charge < -0.3 is 35.3 Å². The number of hydrogen-bond donors (Lipinski definition) is 3. The van der Waals surface area contributed by atoms with Gasteiger partial charge in [0.1, 0.15) is 11.8 Å². The van der Waals surface area contributed by atoms with Crippen LogP contribution in [0.15, 0.2) is 45.3 Å². The molecule has 0 radical (unpaired) electrons. The molecular formula is C34H44Br2N6O4.